The fourth-order valence-electron chi connectivity index (χ4n) is 2.34. The third kappa shape index (κ3) is 3.49. The monoisotopic (exact) mass is 389 g/mol. The molecule has 10 nitrogen and oxygen atoms in total. The van der Waals surface area contributed by atoms with E-state index >= 15 is 0 Å². The Morgan fingerprint density at radius 2 is 2.07 bits per heavy atom. The molecule has 0 bridgehead atoms. The maximum atomic E-state index is 12.8. The number of aromatic nitrogens is 3. The second-order valence-electron chi connectivity index (χ2n) is 6.59. The van der Waals surface area contributed by atoms with E-state index in [0.29, 0.717) is 5.39 Å². The molecule has 0 amide bonds. The van der Waals surface area contributed by atoms with Gasteiger partial charge in [-0.25, -0.2) is 4.79 Å². The highest BCUT2D eigenvalue weighted by atomic mass is 32.1. The first-order valence-electron chi connectivity index (χ1n) is 7.72. The lowest BCUT2D eigenvalue weighted by Crippen LogP contribution is -2.28. The molecule has 0 radical (unpaired) electrons. The Labute approximate surface area is 156 Å². The third-order valence-corrected chi connectivity index (χ3v) is 4.25. The number of nitrogens with two attached hydrogens (primary N) is 1. The van der Waals surface area contributed by atoms with Gasteiger partial charge in [-0.2, -0.15) is 9.78 Å². The van der Waals surface area contributed by atoms with Gasteiger partial charge in [0.2, 0.25) is 0 Å². The number of pyridine rings is 1. The van der Waals surface area contributed by atoms with E-state index in [1.807, 2.05) is 0 Å². The summed E-state index contributed by atoms with van der Waals surface area (Å²) in [4.78, 5) is 39.2. The summed E-state index contributed by atoms with van der Waals surface area (Å²) in [6.07, 6.45) is 1.12. The van der Waals surface area contributed by atoms with Gasteiger partial charge in [0.05, 0.1) is 10.4 Å². The Balaban J connectivity index is 2.23. The number of carbonyl (C=O) groups is 1. The zero-order valence-electron chi connectivity index (χ0n) is 14.6. The molecule has 3 aromatic rings. The number of nitrogen functional groups attached to an aromatic ring is 1. The van der Waals surface area contributed by atoms with Gasteiger partial charge in [-0.15, -0.1) is 11.3 Å². The number of carbonyl (C=O) groups excluding carboxylic acids is 1. The fourth-order valence-corrected chi connectivity index (χ4v) is 3.13. The summed E-state index contributed by atoms with van der Waals surface area (Å²) in [7, 11) is 0. The molecule has 0 atom stereocenters. The highest BCUT2D eigenvalue weighted by Gasteiger charge is 2.25. The standard InChI is InChI=1S/C16H15N5O5S/c1-16(2,3)26-15(23)12-9-7-27-13(17)11(9)14(22)20(19-12)8-4-5-10(18-6-8)21(24)25/h4-7H,17H2,1-3H3. The molecule has 0 fully saturated rings. The molecule has 2 N–H and O–H groups in total. The molecule has 27 heavy (non-hydrogen) atoms. The fraction of sp³-hybridized carbons (Fsp3) is 0.250. The van der Waals surface area contributed by atoms with E-state index in [-0.39, 0.29) is 27.6 Å². The van der Waals surface area contributed by atoms with Crippen LogP contribution in [0.2, 0.25) is 0 Å². The van der Waals surface area contributed by atoms with Crippen molar-refractivity contribution in [3.8, 4) is 5.69 Å². The van der Waals surface area contributed by atoms with Crippen LogP contribution in [0.1, 0.15) is 31.3 Å². The zero-order chi connectivity index (χ0) is 19.9. The van der Waals surface area contributed by atoms with Crippen LogP contribution in [0.3, 0.4) is 0 Å². The molecule has 0 unspecified atom stereocenters. The van der Waals surface area contributed by atoms with Crippen LogP contribution in [-0.4, -0.2) is 31.3 Å². The van der Waals surface area contributed by atoms with Crippen molar-refractivity contribution in [1.82, 2.24) is 14.8 Å². The lowest BCUT2D eigenvalue weighted by Gasteiger charge is -2.19. The highest BCUT2D eigenvalue weighted by Crippen LogP contribution is 2.28. The van der Waals surface area contributed by atoms with E-state index in [4.69, 9.17) is 10.5 Å². The quantitative estimate of drug-likeness (QED) is 0.408. The first kappa shape index (κ1) is 18.5. The van der Waals surface area contributed by atoms with Crippen LogP contribution in [-0.2, 0) is 4.74 Å². The summed E-state index contributed by atoms with van der Waals surface area (Å²) < 4.78 is 6.30. The van der Waals surface area contributed by atoms with Crippen LogP contribution in [0.15, 0.2) is 28.5 Å². The van der Waals surface area contributed by atoms with Gasteiger partial charge in [0.25, 0.3) is 5.56 Å². The molecule has 0 aromatic carbocycles. The minimum Gasteiger partial charge on any atom is -0.455 e. The Bertz CT molecular complexity index is 1110. The second kappa shape index (κ2) is 6.43. The predicted octanol–water partition coefficient (Wildman–Crippen LogP) is 2.29. The zero-order valence-corrected chi connectivity index (χ0v) is 15.4. The number of hydrogen-bond donors (Lipinski definition) is 1. The lowest BCUT2D eigenvalue weighted by molar-refractivity contribution is -0.389. The van der Waals surface area contributed by atoms with Crippen molar-refractivity contribution in [2.45, 2.75) is 26.4 Å². The number of nitro groups is 1. The van der Waals surface area contributed by atoms with Crippen LogP contribution in [0.25, 0.3) is 16.5 Å². The number of anilines is 1. The summed E-state index contributed by atoms with van der Waals surface area (Å²) in [5.41, 5.74) is 4.66. The Hall–Kier alpha value is -3.34. The maximum absolute atomic E-state index is 12.8. The minimum atomic E-state index is -0.761. The lowest BCUT2D eigenvalue weighted by atomic mass is 10.2. The van der Waals surface area contributed by atoms with Gasteiger partial charge in [0.15, 0.2) is 11.9 Å². The summed E-state index contributed by atoms with van der Waals surface area (Å²) in [6.45, 7) is 5.13. The Morgan fingerprint density at radius 3 is 2.63 bits per heavy atom. The number of nitrogens with zero attached hydrogens (tertiary/aromatic N) is 4. The number of ether oxygens (including phenoxy) is 1. The SMILES string of the molecule is CC(C)(C)OC(=O)c1nn(-c2ccc([N+](=O)[O-])nc2)c(=O)c2c(N)scc12. The first-order valence-corrected chi connectivity index (χ1v) is 8.60. The molecule has 3 aromatic heterocycles. The van der Waals surface area contributed by atoms with Crippen LogP contribution < -0.4 is 11.3 Å². The van der Waals surface area contributed by atoms with Gasteiger partial charge in [0.1, 0.15) is 11.3 Å². The molecule has 0 saturated carbocycles. The van der Waals surface area contributed by atoms with E-state index in [1.54, 1.807) is 26.2 Å². The average Bonchev–Trinajstić information content (AvgIpc) is 2.96. The van der Waals surface area contributed by atoms with Gasteiger partial charge >= 0.3 is 11.8 Å². The Morgan fingerprint density at radius 1 is 1.37 bits per heavy atom. The first-order chi connectivity index (χ1) is 12.6. The van der Waals surface area contributed by atoms with Gasteiger partial charge in [0, 0.05) is 16.8 Å². The van der Waals surface area contributed by atoms with E-state index in [2.05, 4.69) is 10.1 Å². The van der Waals surface area contributed by atoms with Crippen molar-refractivity contribution in [2.24, 2.45) is 0 Å². The van der Waals surface area contributed by atoms with E-state index in [1.165, 1.54) is 6.07 Å². The van der Waals surface area contributed by atoms with Crippen molar-refractivity contribution >= 4 is 38.9 Å². The second-order valence-corrected chi connectivity index (χ2v) is 7.50. The average molecular weight is 389 g/mol. The normalized spacial score (nSPS) is 11.5. The summed E-state index contributed by atoms with van der Waals surface area (Å²) >= 11 is 1.10. The minimum absolute atomic E-state index is 0.0779. The predicted molar refractivity (Wildman–Crippen MR) is 99.2 cm³/mol. The number of esters is 1. The molecule has 3 rings (SSSR count). The molecule has 0 aliphatic carbocycles. The topological polar surface area (TPSA) is 143 Å². The molecular weight excluding hydrogens is 374 g/mol. The number of thiophene rings is 1. The van der Waals surface area contributed by atoms with Gasteiger partial charge < -0.3 is 20.6 Å². The van der Waals surface area contributed by atoms with Crippen molar-refractivity contribution < 1.29 is 14.5 Å². The summed E-state index contributed by atoms with van der Waals surface area (Å²) in [5.74, 6) is -1.09. The van der Waals surface area contributed by atoms with Crippen LogP contribution in [0, 0.1) is 10.1 Å². The molecule has 0 aliphatic heterocycles. The van der Waals surface area contributed by atoms with E-state index in [9.17, 15) is 19.7 Å². The molecular formula is C16H15N5O5S. The maximum Gasteiger partial charge on any atom is 0.363 e. The summed E-state index contributed by atoms with van der Waals surface area (Å²) in [6, 6.07) is 2.45. The molecule has 3 heterocycles. The van der Waals surface area contributed by atoms with Gasteiger partial charge in [-0.1, -0.05) is 0 Å². The smallest absolute Gasteiger partial charge is 0.363 e. The van der Waals surface area contributed by atoms with Gasteiger partial charge in [-0.05, 0) is 36.7 Å². The molecule has 0 saturated heterocycles. The summed E-state index contributed by atoms with van der Waals surface area (Å²) in [5, 5.41) is 17.1. The number of rotatable bonds is 3. The van der Waals surface area contributed by atoms with E-state index < -0.39 is 22.1 Å². The molecule has 0 aliphatic rings. The van der Waals surface area contributed by atoms with Crippen LogP contribution in [0.5, 0.6) is 0 Å². The van der Waals surface area contributed by atoms with Crippen LogP contribution >= 0.6 is 11.3 Å². The highest BCUT2D eigenvalue weighted by molar-refractivity contribution is 7.15. The van der Waals surface area contributed by atoms with E-state index in [0.717, 1.165) is 28.3 Å². The third-order valence-electron chi connectivity index (χ3n) is 3.44. The van der Waals surface area contributed by atoms with Crippen molar-refractivity contribution in [1.29, 1.82) is 0 Å². The van der Waals surface area contributed by atoms with Crippen molar-refractivity contribution in [3.05, 3.63) is 49.9 Å². The molecule has 0 spiro atoms. The number of fused-ring (bicyclic) bond motifs is 1. The Kier molecular flexibility index (Phi) is 4.39. The van der Waals surface area contributed by atoms with Crippen molar-refractivity contribution in [3.63, 3.8) is 0 Å². The van der Waals surface area contributed by atoms with Crippen molar-refractivity contribution in [2.75, 3.05) is 5.73 Å². The molecule has 140 valence electrons. The largest absolute Gasteiger partial charge is 0.455 e. The molecule has 11 heteroatoms. The van der Waals surface area contributed by atoms with Crippen LogP contribution in [0.4, 0.5) is 10.8 Å². The van der Waals surface area contributed by atoms with Gasteiger partial charge in [-0.3, -0.25) is 4.79 Å². The number of hydrogen-bond acceptors (Lipinski definition) is 9.